The Morgan fingerprint density at radius 2 is 1.89 bits per heavy atom. The molecule has 1 aliphatic heterocycles. The van der Waals surface area contributed by atoms with Crippen LogP contribution in [0.15, 0.2) is 41.7 Å². The fraction of sp³-hybridized carbons (Fsp3) is 0.368. The molecule has 2 amide bonds. The van der Waals surface area contributed by atoms with Crippen LogP contribution in [0.25, 0.3) is 0 Å². The molecule has 1 aromatic heterocycles. The first-order chi connectivity index (χ1) is 13.0. The molecule has 0 saturated carbocycles. The van der Waals surface area contributed by atoms with E-state index in [1.165, 1.54) is 53.3 Å². The molecule has 0 bridgehead atoms. The van der Waals surface area contributed by atoms with E-state index in [2.05, 4.69) is 9.97 Å². The summed E-state index contributed by atoms with van der Waals surface area (Å²) in [5, 5.41) is 3.21. The summed E-state index contributed by atoms with van der Waals surface area (Å²) in [6.07, 6.45) is 3.10. The Hall–Kier alpha value is -2.52. The Labute approximate surface area is 167 Å². The molecule has 3 rings (SSSR count). The average molecular weight is 406 g/mol. The van der Waals surface area contributed by atoms with Gasteiger partial charge in [-0.05, 0) is 30.0 Å². The van der Waals surface area contributed by atoms with Gasteiger partial charge in [0.1, 0.15) is 11.5 Å². The van der Waals surface area contributed by atoms with Crippen LogP contribution < -0.4 is 0 Å². The predicted molar refractivity (Wildman–Crippen MR) is 104 cm³/mol. The van der Waals surface area contributed by atoms with E-state index in [1.807, 2.05) is 6.26 Å². The second kappa shape index (κ2) is 9.61. The lowest BCUT2D eigenvalue weighted by Gasteiger charge is -2.27. The number of aromatic nitrogens is 2. The van der Waals surface area contributed by atoms with Crippen molar-refractivity contribution in [3.8, 4) is 0 Å². The van der Waals surface area contributed by atoms with Gasteiger partial charge in [0.2, 0.25) is 5.91 Å². The van der Waals surface area contributed by atoms with E-state index in [-0.39, 0.29) is 56.4 Å². The number of methoxy groups -OCH3 is 1. The van der Waals surface area contributed by atoms with Crippen molar-refractivity contribution < 1.29 is 18.7 Å². The van der Waals surface area contributed by atoms with E-state index in [0.717, 1.165) is 0 Å². The van der Waals surface area contributed by atoms with Crippen LogP contribution in [-0.4, -0.2) is 64.4 Å². The van der Waals surface area contributed by atoms with Gasteiger partial charge in [-0.3, -0.25) is 9.59 Å². The van der Waals surface area contributed by atoms with Gasteiger partial charge in [-0.1, -0.05) is 31.3 Å². The number of rotatable bonds is 5. The quantitative estimate of drug-likeness (QED) is 0.561. The molecule has 28 heavy (non-hydrogen) atoms. The molecule has 1 aliphatic rings. The van der Waals surface area contributed by atoms with Crippen LogP contribution >= 0.6 is 11.8 Å². The number of halogens is 1. The zero-order valence-electron chi connectivity index (χ0n) is 15.0. The molecule has 2 heterocycles. The van der Waals surface area contributed by atoms with E-state index in [0.29, 0.717) is 10.7 Å². The topological polar surface area (TPSA) is 75.6 Å². The molecule has 2 aromatic rings. The molecule has 0 aliphatic carbocycles. The van der Waals surface area contributed by atoms with Crippen molar-refractivity contribution >= 4 is 23.6 Å². The number of amides is 2. The Morgan fingerprint density at radius 1 is 1.21 bits per heavy atom. The SMILES string of the molecule is C.COC1CN(C(=O)Cc2ccc(F)cc2)N(C(=O)c2ccnc(SC)n2)C1. The van der Waals surface area contributed by atoms with Gasteiger partial charge < -0.3 is 4.74 Å². The molecule has 0 N–H and O–H groups in total. The maximum Gasteiger partial charge on any atom is 0.291 e. The molecule has 7 nitrogen and oxygen atoms in total. The first kappa shape index (κ1) is 21.8. The number of hydrogen-bond acceptors (Lipinski definition) is 6. The van der Waals surface area contributed by atoms with Crippen LogP contribution in [0, 0.1) is 5.82 Å². The monoisotopic (exact) mass is 406 g/mol. The molecule has 1 aromatic carbocycles. The third kappa shape index (κ3) is 4.85. The van der Waals surface area contributed by atoms with Gasteiger partial charge in [-0.15, -0.1) is 0 Å². The average Bonchev–Trinajstić information content (AvgIpc) is 3.14. The zero-order valence-corrected chi connectivity index (χ0v) is 15.8. The molecule has 1 saturated heterocycles. The summed E-state index contributed by atoms with van der Waals surface area (Å²) < 4.78 is 18.4. The largest absolute Gasteiger partial charge is 0.378 e. The molecule has 150 valence electrons. The van der Waals surface area contributed by atoms with Gasteiger partial charge in [0.05, 0.1) is 25.6 Å². The first-order valence-corrected chi connectivity index (χ1v) is 9.50. The van der Waals surface area contributed by atoms with Gasteiger partial charge in [-0.25, -0.2) is 24.4 Å². The number of hydrazine groups is 1. The Morgan fingerprint density at radius 3 is 2.54 bits per heavy atom. The van der Waals surface area contributed by atoms with Crippen LogP contribution in [0.1, 0.15) is 23.5 Å². The number of nitrogens with zero attached hydrogens (tertiary/aromatic N) is 4. The minimum atomic E-state index is -0.389. The van der Waals surface area contributed by atoms with Crippen molar-refractivity contribution in [3.63, 3.8) is 0 Å². The number of benzene rings is 1. The van der Waals surface area contributed by atoms with Crippen molar-refractivity contribution in [2.75, 3.05) is 26.5 Å². The summed E-state index contributed by atoms with van der Waals surface area (Å²) >= 11 is 1.33. The number of hydrogen-bond donors (Lipinski definition) is 0. The van der Waals surface area contributed by atoms with Crippen LogP contribution in [0.5, 0.6) is 0 Å². The smallest absolute Gasteiger partial charge is 0.291 e. The lowest BCUT2D eigenvalue weighted by atomic mass is 10.1. The molecule has 9 heteroatoms. The van der Waals surface area contributed by atoms with E-state index in [9.17, 15) is 14.0 Å². The standard InChI is InChI=1S/C18H19FN4O3S.CH4/c1-26-14-10-22(16(24)9-12-3-5-13(19)6-4-12)23(11-14)17(25)15-7-8-20-18(21-15)27-2;/h3-8,14H,9-11H2,1-2H3;1H4. The molecule has 1 fully saturated rings. The lowest BCUT2D eigenvalue weighted by molar-refractivity contribution is -0.139. The highest BCUT2D eigenvalue weighted by Crippen LogP contribution is 2.19. The van der Waals surface area contributed by atoms with Crippen molar-refractivity contribution in [1.29, 1.82) is 0 Å². The zero-order chi connectivity index (χ0) is 19.4. The fourth-order valence-electron chi connectivity index (χ4n) is 2.78. The minimum absolute atomic E-state index is 0. The molecule has 0 spiro atoms. The summed E-state index contributed by atoms with van der Waals surface area (Å²) in [7, 11) is 1.54. The normalized spacial score (nSPS) is 16.0. The van der Waals surface area contributed by atoms with Gasteiger partial charge >= 0.3 is 0 Å². The van der Waals surface area contributed by atoms with Crippen LogP contribution in [0.3, 0.4) is 0 Å². The summed E-state index contributed by atoms with van der Waals surface area (Å²) in [6, 6.07) is 7.23. The second-order valence-electron chi connectivity index (χ2n) is 5.95. The predicted octanol–water partition coefficient (Wildman–Crippen LogP) is 2.43. The number of carbonyl (C=O) groups is 2. The van der Waals surface area contributed by atoms with Gasteiger partial charge in [-0.2, -0.15) is 0 Å². The molecular weight excluding hydrogens is 383 g/mol. The molecular formula is C19H23FN4O3S. The number of carbonyl (C=O) groups excluding carboxylic acids is 2. The third-order valence-corrected chi connectivity index (χ3v) is 4.77. The number of thioether (sulfide) groups is 1. The van der Waals surface area contributed by atoms with Crippen molar-refractivity contribution in [3.05, 3.63) is 53.6 Å². The maximum atomic E-state index is 13.1. The highest BCUT2D eigenvalue weighted by molar-refractivity contribution is 7.98. The Balaban J connectivity index is 0.00000280. The molecule has 1 atom stereocenters. The van der Waals surface area contributed by atoms with E-state index in [1.54, 1.807) is 12.1 Å². The van der Waals surface area contributed by atoms with Crippen molar-refractivity contribution in [1.82, 2.24) is 20.0 Å². The summed E-state index contributed by atoms with van der Waals surface area (Å²) in [5.41, 5.74) is 0.882. The highest BCUT2D eigenvalue weighted by Gasteiger charge is 2.37. The third-order valence-electron chi connectivity index (χ3n) is 4.20. The summed E-state index contributed by atoms with van der Waals surface area (Å²) in [5.74, 6) is -1.02. The van der Waals surface area contributed by atoms with Crippen molar-refractivity contribution in [2.24, 2.45) is 0 Å². The number of ether oxygens (including phenoxy) is 1. The lowest BCUT2D eigenvalue weighted by Crippen LogP contribution is -2.45. The van der Waals surface area contributed by atoms with E-state index >= 15 is 0 Å². The van der Waals surface area contributed by atoms with Gasteiger partial charge in [0.15, 0.2) is 5.16 Å². The maximum absolute atomic E-state index is 13.1. The van der Waals surface area contributed by atoms with Crippen LogP contribution in [-0.2, 0) is 16.0 Å². The molecule has 1 unspecified atom stereocenters. The Bertz CT molecular complexity index is 834. The second-order valence-corrected chi connectivity index (χ2v) is 6.73. The summed E-state index contributed by atoms with van der Waals surface area (Å²) in [6.45, 7) is 0.520. The fourth-order valence-corrected chi connectivity index (χ4v) is 3.13. The Kier molecular flexibility index (Phi) is 7.47. The summed E-state index contributed by atoms with van der Waals surface area (Å²) in [4.78, 5) is 34.0. The van der Waals surface area contributed by atoms with Gasteiger partial charge in [0, 0.05) is 13.3 Å². The van der Waals surface area contributed by atoms with Crippen LogP contribution in [0.2, 0.25) is 0 Å². The van der Waals surface area contributed by atoms with Gasteiger partial charge in [0.25, 0.3) is 5.91 Å². The van der Waals surface area contributed by atoms with Crippen molar-refractivity contribution in [2.45, 2.75) is 25.1 Å². The van der Waals surface area contributed by atoms with E-state index in [4.69, 9.17) is 4.74 Å². The highest BCUT2D eigenvalue weighted by atomic mass is 32.2. The van der Waals surface area contributed by atoms with E-state index < -0.39 is 0 Å². The first-order valence-electron chi connectivity index (χ1n) is 8.28. The molecule has 0 radical (unpaired) electrons. The minimum Gasteiger partial charge on any atom is -0.378 e. The van der Waals surface area contributed by atoms with Crippen LogP contribution in [0.4, 0.5) is 4.39 Å².